The van der Waals surface area contributed by atoms with Crippen molar-refractivity contribution < 1.29 is 14.1 Å². The lowest BCUT2D eigenvalue weighted by Gasteiger charge is -2.30. The lowest BCUT2D eigenvalue weighted by Crippen LogP contribution is -2.43. The van der Waals surface area contributed by atoms with Crippen molar-refractivity contribution in [3.8, 4) is 11.4 Å². The molecule has 1 fully saturated rings. The molecule has 28 heavy (non-hydrogen) atoms. The first-order valence-electron chi connectivity index (χ1n) is 10.1. The summed E-state index contributed by atoms with van der Waals surface area (Å²) in [5, 5.41) is 7.11. The van der Waals surface area contributed by atoms with E-state index in [1.807, 2.05) is 44.2 Å². The van der Waals surface area contributed by atoms with E-state index in [2.05, 4.69) is 20.4 Å². The van der Waals surface area contributed by atoms with Crippen LogP contribution in [0.2, 0.25) is 0 Å². The van der Waals surface area contributed by atoms with Crippen LogP contribution >= 0.6 is 0 Å². The maximum Gasteiger partial charge on any atom is 0.241 e. The maximum atomic E-state index is 12.5. The van der Waals surface area contributed by atoms with Crippen LogP contribution in [-0.4, -0.2) is 53.3 Å². The molecular formula is C21H30N4O3. The third-order valence-corrected chi connectivity index (χ3v) is 4.81. The Morgan fingerprint density at radius 3 is 2.96 bits per heavy atom. The van der Waals surface area contributed by atoms with Gasteiger partial charge >= 0.3 is 0 Å². The van der Waals surface area contributed by atoms with Gasteiger partial charge in [0.1, 0.15) is 0 Å². The summed E-state index contributed by atoms with van der Waals surface area (Å²) < 4.78 is 10.9. The summed E-state index contributed by atoms with van der Waals surface area (Å²) in [6, 6.07) is 9.79. The molecule has 0 saturated carbocycles. The number of ether oxygens (including phenoxy) is 1. The largest absolute Gasteiger partial charge is 0.379 e. The van der Waals surface area contributed by atoms with Crippen molar-refractivity contribution in [2.24, 2.45) is 5.92 Å². The van der Waals surface area contributed by atoms with Crippen molar-refractivity contribution in [3.63, 3.8) is 0 Å². The van der Waals surface area contributed by atoms with Gasteiger partial charge in [0.25, 0.3) is 0 Å². The number of hydrogen-bond donors (Lipinski definition) is 1. The molecule has 3 rings (SSSR count). The zero-order chi connectivity index (χ0) is 19.8. The molecule has 1 N–H and O–H groups in total. The third kappa shape index (κ3) is 6.14. The summed E-state index contributed by atoms with van der Waals surface area (Å²) in [7, 11) is 0. The molecule has 1 atom stereocenters. The minimum absolute atomic E-state index is 0.0104. The highest BCUT2D eigenvalue weighted by Crippen LogP contribution is 2.20. The van der Waals surface area contributed by atoms with E-state index >= 15 is 0 Å². The molecule has 0 radical (unpaired) electrons. The Morgan fingerprint density at radius 2 is 2.18 bits per heavy atom. The van der Waals surface area contributed by atoms with Gasteiger partial charge in [-0.05, 0) is 39.7 Å². The maximum absolute atomic E-state index is 12.5. The fourth-order valence-corrected chi connectivity index (χ4v) is 3.38. The number of nitrogens with zero attached hydrogens (tertiary/aromatic N) is 3. The van der Waals surface area contributed by atoms with E-state index in [1.165, 1.54) is 0 Å². The highest BCUT2D eigenvalue weighted by atomic mass is 16.5. The van der Waals surface area contributed by atoms with Gasteiger partial charge in [0, 0.05) is 25.3 Å². The van der Waals surface area contributed by atoms with Crippen LogP contribution in [0.15, 0.2) is 34.9 Å². The molecule has 152 valence electrons. The van der Waals surface area contributed by atoms with E-state index in [1.54, 1.807) is 0 Å². The first-order chi connectivity index (χ1) is 13.6. The summed E-state index contributed by atoms with van der Waals surface area (Å²) in [5.74, 6) is 1.33. The van der Waals surface area contributed by atoms with Gasteiger partial charge in [-0.1, -0.05) is 35.5 Å². The van der Waals surface area contributed by atoms with Crippen molar-refractivity contribution >= 4 is 5.91 Å². The first-order valence-corrected chi connectivity index (χ1v) is 10.1. The quantitative estimate of drug-likeness (QED) is 0.668. The number of amides is 1. The molecule has 1 aromatic carbocycles. The summed E-state index contributed by atoms with van der Waals surface area (Å²) in [5.41, 5.74) is 0.940. The van der Waals surface area contributed by atoms with E-state index in [0.717, 1.165) is 37.9 Å². The summed E-state index contributed by atoms with van der Waals surface area (Å²) in [4.78, 5) is 19.2. The normalized spacial score (nSPS) is 17.8. The monoisotopic (exact) mass is 386 g/mol. The van der Waals surface area contributed by atoms with Crippen LogP contribution in [0.4, 0.5) is 0 Å². The van der Waals surface area contributed by atoms with Crippen molar-refractivity contribution in [1.29, 1.82) is 0 Å². The zero-order valence-corrected chi connectivity index (χ0v) is 16.8. The molecule has 0 bridgehead atoms. The number of benzene rings is 1. The second-order valence-corrected chi connectivity index (χ2v) is 7.52. The van der Waals surface area contributed by atoms with Crippen LogP contribution in [0.1, 0.15) is 39.0 Å². The topological polar surface area (TPSA) is 80.5 Å². The van der Waals surface area contributed by atoms with Gasteiger partial charge in [-0.15, -0.1) is 0 Å². The number of rotatable bonds is 9. The summed E-state index contributed by atoms with van der Waals surface area (Å²) >= 11 is 0. The van der Waals surface area contributed by atoms with Crippen LogP contribution in [0, 0.1) is 5.92 Å². The highest BCUT2D eigenvalue weighted by Gasteiger charge is 2.26. The Morgan fingerprint density at radius 1 is 1.36 bits per heavy atom. The van der Waals surface area contributed by atoms with Crippen molar-refractivity contribution in [1.82, 2.24) is 20.4 Å². The van der Waals surface area contributed by atoms with Crippen LogP contribution < -0.4 is 5.32 Å². The molecule has 0 spiro atoms. The Balaban J connectivity index is 1.45. The molecule has 1 unspecified atom stereocenters. The number of carbonyl (C=O) groups is 1. The molecule has 1 aliphatic rings. The predicted molar refractivity (Wildman–Crippen MR) is 106 cm³/mol. The predicted octanol–water partition coefficient (Wildman–Crippen LogP) is 2.88. The Bertz CT molecular complexity index is 732. The molecule has 1 aliphatic heterocycles. The average Bonchev–Trinajstić information content (AvgIpc) is 3.17. The molecule has 7 heteroatoms. The lowest BCUT2D eigenvalue weighted by atomic mass is 9.97. The van der Waals surface area contributed by atoms with Crippen LogP contribution in [-0.2, 0) is 16.1 Å². The Hall–Kier alpha value is -2.25. The molecule has 1 amide bonds. The standard InChI is InChI=1S/C21H30N4O3/c1-16(2)27-13-7-11-22-21(26)18-10-6-12-25(14-18)15-19-23-20(24-28-19)17-8-4-3-5-9-17/h3-5,8-9,16,18H,6-7,10-15H2,1-2H3,(H,22,26). The summed E-state index contributed by atoms with van der Waals surface area (Å²) in [6.45, 7) is 7.60. The fraction of sp³-hybridized carbons (Fsp3) is 0.571. The molecule has 2 heterocycles. The molecule has 1 aromatic heterocycles. The van der Waals surface area contributed by atoms with E-state index in [4.69, 9.17) is 9.26 Å². The Labute approximate surface area is 166 Å². The van der Waals surface area contributed by atoms with E-state index in [-0.39, 0.29) is 17.9 Å². The average molecular weight is 386 g/mol. The van der Waals surface area contributed by atoms with Crippen LogP contribution in [0.3, 0.4) is 0 Å². The van der Waals surface area contributed by atoms with Gasteiger partial charge in [-0.25, -0.2) is 0 Å². The van der Waals surface area contributed by atoms with Crippen molar-refractivity contribution in [2.75, 3.05) is 26.2 Å². The first kappa shape index (κ1) is 20.5. The minimum atomic E-state index is 0.0104. The number of piperidine rings is 1. The fourth-order valence-electron chi connectivity index (χ4n) is 3.38. The van der Waals surface area contributed by atoms with Gasteiger partial charge < -0.3 is 14.6 Å². The minimum Gasteiger partial charge on any atom is -0.379 e. The molecular weight excluding hydrogens is 356 g/mol. The number of hydrogen-bond acceptors (Lipinski definition) is 6. The van der Waals surface area contributed by atoms with Crippen molar-refractivity contribution in [3.05, 3.63) is 36.2 Å². The molecule has 0 aliphatic carbocycles. The molecule has 1 saturated heterocycles. The molecule has 7 nitrogen and oxygen atoms in total. The van der Waals surface area contributed by atoms with Gasteiger partial charge in [-0.3, -0.25) is 9.69 Å². The SMILES string of the molecule is CC(C)OCCCNC(=O)C1CCCN(Cc2nc(-c3ccccc3)no2)C1. The van der Waals surface area contributed by atoms with Gasteiger partial charge in [0.2, 0.25) is 17.6 Å². The van der Waals surface area contributed by atoms with Crippen LogP contribution in [0.25, 0.3) is 11.4 Å². The van der Waals surface area contributed by atoms with Gasteiger partial charge in [0.05, 0.1) is 18.6 Å². The smallest absolute Gasteiger partial charge is 0.241 e. The second-order valence-electron chi connectivity index (χ2n) is 7.52. The van der Waals surface area contributed by atoms with Crippen molar-refractivity contribution in [2.45, 2.75) is 45.8 Å². The third-order valence-electron chi connectivity index (χ3n) is 4.81. The lowest BCUT2D eigenvalue weighted by molar-refractivity contribution is -0.126. The zero-order valence-electron chi connectivity index (χ0n) is 16.8. The Kier molecular flexibility index (Phi) is 7.56. The number of aromatic nitrogens is 2. The van der Waals surface area contributed by atoms with Crippen LogP contribution in [0.5, 0.6) is 0 Å². The summed E-state index contributed by atoms with van der Waals surface area (Å²) in [6.07, 6.45) is 2.98. The van der Waals surface area contributed by atoms with Gasteiger partial charge in [-0.2, -0.15) is 4.98 Å². The van der Waals surface area contributed by atoms with Gasteiger partial charge in [0.15, 0.2) is 0 Å². The number of carbonyl (C=O) groups excluding carboxylic acids is 1. The number of likely N-dealkylation sites (tertiary alicyclic amines) is 1. The highest BCUT2D eigenvalue weighted by molar-refractivity contribution is 5.78. The second kappa shape index (κ2) is 10.3. The van der Waals surface area contributed by atoms with E-state index < -0.39 is 0 Å². The molecule has 2 aromatic rings. The van der Waals surface area contributed by atoms with E-state index in [9.17, 15) is 4.79 Å². The number of nitrogens with one attached hydrogen (secondary N) is 1. The van der Waals surface area contributed by atoms with E-state index in [0.29, 0.717) is 31.4 Å².